The van der Waals surface area contributed by atoms with Gasteiger partial charge in [-0.25, -0.2) is 0 Å². The zero-order valence-electron chi connectivity index (χ0n) is 11.1. The Morgan fingerprint density at radius 2 is 1.82 bits per heavy atom. The highest BCUT2D eigenvalue weighted by molar-refractivity contribution is 6.01. The average Bonchev–Trinajstić information content (AvgIpc) is 2.30. The third-order valence-electron chi connectivity index (χ3n) is 4.56. The summed E-state index contributed by atoms with van der Waals surface area (Å²) in [6, 6.07) is 0. The first-order valence-electron chi connectivity index (χ1n) is 6.29. The molecule has 1 aliphatic carbocycles. The SMILES string of the molecule is CNC(=O)C(C)(C(=O)O)C1CCC(C)C(C)C1. The summed E-state index contributed by atoms with van der Waals surface area (Å²) >= 11 is 0. The molecule has 0 aliphatic heterocycles. The van der Waals surface area contributed by atoms with E-state index in [0.717, 1.165) is 19.3 Å². The van der Waals surface area contributed by atoms with Crippen LogP contribution in [-0.4, -0.2) is 24.0 Å². The Morgan fingerprint density at radius 1 is 1.24 bits per heavy atom. The van der Waals surface area contributed by atoms with Crippen molar-refractivity contribution in [1.29, 1.82) is 0 Å². The highest BCUT2D eigenvalue weighted by Crippen LogP contribution is 2.43. The Kier molecular flexibility index (Phi) is 4.17. The van der Waals surface area contributed by atoms with Crippen molar-refractivity contribution in [2.24, 2.45) is 23.2 Å². The van der Waals surface area contributed by atoms with Gasteiger partial charge in [0.2, 0.25) is 5.91 Å². The van der Waals surface area contributed by atoms with E-state index in [1.807, 2.05) is 0 Å². The molecule has 1 rings (SSSR count). The number of carboxylic acid groups (broad SMARTS) is 1. The molecule has 4 atom stereocenters. The monoisotopic (exact) mass is 241 g/mol. The van der Waals surface area contributed by atoms with Crippen LogP contribution in [0.3, 0.4) is 0 Å². The summed E-state index contributed by atoms with van der Waals surface area (Å²) in [7, 11) is 1.50. The second kappa shape index (κ2) is 5.07. The van der Waals surface area contributed by atoms with Crippen LogP contribution in [0.4, 0.5) is 0 Å². The topological polar surface area (TPSA) is 66.4 Å². The third-order valence-corrected chi connectivity index (χ3v) is 4.56. The Bertz CT molecular complexity index is 316. The molecule has 0 aromatic rings. The first-order valence-corrected chi connectivity index (χ1v) is 6.29. The van der Waals surface area contributed by atoms with Crippen molar-refractivity contribution in [2.75, 3.05) is 7.05 Å². The largest absolute Gasteiger partial charge is 0.480 e. The third kappa shape index (κ3) is 2.45. The van der Waals surface area contributed by atoms with E-state index in [2.05, 4.69) is 19.2 Å². The van der Waals surface area contributed by atoms with Crippen LogP contribution in [0.5, 0.6) is 0 Å². The molecule has 1 fully saturated rings. The minimum absolute atomic E-state index is 0.0638. The van der Waals surface area contributed by atoms with Crippen molar-refractivity contribution in [3.8, 4) is 0 Å². The van der Waals surface area contributed by atoms with Crippen molar-refractivity contribution in [1.82, 2.24) is 5.32 Å². The molecule has 4 heteroatoms. The van der Waals surface area contributed by atoms with Crippen LogP contribution >= 0.6 is 0 Å². The molecular formula is C13H23NO3. The van der Waals surface area contributed by atoms with Gasteiger partial charge in [-0.15, -0.1) is 0 Å². The first-order chi connectivity index (χ1) is 7.83. The van der Waals surface area contributed by atoms with Gasteiger partial charge in [0.15, 0.2) is 0 Å². The lowest BCUT2D eigenvalue weighted by Gasteiger charge is -2.39. The summed E-state index contributed by atoms with van der Waals surface area (Å²) in [4.78, 5) is 23.3. The maximum Gasteiger partial charge on any atom is 0.319 e. The molecule has 0 aromatic carbocycles. The van der Waals surface area contributed by atoms with Gasteiger partial charge >= 0.3 is 5.97 Å². The van der Waals surface area contributed by atoms with E-state index < -0.39 is 11.4 Å². The maximum absolute atomic E-state index is 11.9. The first kappa shape index (κ1) is 14.0. The van der Waals surface area contributed by atoms with Crippen LogP contribution in [0.1, 0.15) is 40.0 Å². The Labute approximate surface area is 103 Å². The standard InChI is InChI=1S/C13H23NO3/c1-8-5-6-10(7-9(8)2)13(3,12(16)17)11(15)14-4/h8-10H,5-7H2,1-4H3,(H,14,15)(H,16,17). The lowest BCUT2D eigenvalue weighted by atomic mass is 9.64. The van der Waals surface area contributed by atoms with Crippen molar-refractivity contribution in [3.05, 3.63) is 0 Å². The van der Waals surface area contributed by atoms with Crippen molar-refractivity contribution in [2.45, 2.75) is 40.0 Å². The van der Waals surface area contributed by atoms with Gasteiger partial charge in [0, 0.05) is 7.05 Å². The van der Waals surface area contributed by atoms with E-state index in [1.54, 1.807) is 6.92 Å². The number of nitrogens with one attached hydrogen (secondary N) is 1. The van der Waals surface area contributed by atoms with Crippen LogP contribution in [0.25, 0.3) is 0 Å². The molecule has 17 heavy (non-hydrogen) atoms. The van der Waals surface area contributed by atoms with E-state index in [4.69, 9.17) is 0 Å². The number of carbonyl (C=O) groups is 2. The van der Waals surface area contributed by atoms with Gasteiger partial charge in [-0.2, -0.15) is 0 Å². The molecule has 2 N–H and O–H groups in total. The van der Waals surface area contributed by atoms with E-state index in [-0.39, 0.29) is 11.8 Å². The molecular weight excluding hydrogens is 218 g/mol. The zero-order valence-corrected chi connectivity index (χ0v) is 11.1. The van der Waals surface area contributed by atoms with Crippen LogP contribution < -0.4 is 5.32 Å². The number of rotatable bonds is 3. The molecule has 4 nitrogen and oxygen atoms in total. The van der Waals surface area contributed by atoms with Gasteiger partial charge in [-0.05, 0) is 37.5 Å². The smallest absolute Gasteiger partial charge is 0.319 e. The van der Waals surface area contributed by atoms with Gasteiger partial charge in [-0.3, -0.25) is 9.59 Å². The molecule has 0 aromatic heterocycles. The molecule has 0 radical (unpaired) electrons. The number of hydrogen-bond acceptors (Lipinski definition) is 2. The minimum atomic E-state index is -1.29. The summed E-state index contributed by atoms with van der Waals surface area (Å²) in [5.41, 5.74) is -1.29. The molecule has 1 aliphatic rings. The lowest BCUT2D eigenvalue weighted by molar-refractivity contribution is -0.160. The molecule has 0 heterocycles. The van der Waals surface area contributed by atoms with Crippen LogP contribution in [0.15, 0.2) is 0 Å². The normalized spacial score (nSPS) is 32.6. The van der Waals surface area contributed by atoms with Crippen LogP contribution in [-0.2, 0) is 9.59 Å². The minimum Gasteiger partial charge on any atom is -0.480 e. The highest BCUT2D eigenvalue weighted by atomic mass is 16.4. The second-order valence-corrected chi connectivity index (χ2v) is 5.55. The summed E-state index contributed by atoms with van der Waals surface area (Å²) < 4.78 is 0. The number of carboxylic acids is 1. The van der Waals surface area contributed by atoms with E-state index in [9.17, 15) is 14.7 Å². The molecule has 1 amide bonds. The molecule has 1 saturated carbocycles. The molecule has 0 saturated heterocycles. The van der Waals surface area contributed by atoms with Crippen LogP contribution in [0.2, 0.25) is 0 Å². The fourth-order valence-electron chi connectivity index (χ4n) is 2.79. The summed E-state index contributed by atoms with van der Waals surface area (Å²) in [5, 5.41) is 11.9. The molecule has 4 unspecified atom stereocenters. The number of carbonyl (C=O) groups excluding carboxylic acids is 1. The van der Waals surface area contributed by atoms with Gasteiger partial charge in [0.1, 0.15) is 5.41 Å². The molecule has 0 spiro atoms. The predicted molar refractivity (Wildman–Crippen MR) is 65.5 cm³/mol. The van der Waals surface area contributed by atoms with Crippen molar-refractivity contribution < 1.29 is 14.7 Å². The average molecular weight is 241 g/mol. The van der Waals surface area contributed by atoms with Gasteiger partial charge in [0.25, 0.3) is 0 Å². The van der Waals surface area contributed by atoms with Gasteiger partial charge < -0.3 is 10.4 Å². The maximum atomic E-state index is 11.9. The summed E-state index contributed by atoms with van der Waals surface area (Å²) in [6.45, 7) is 5.89. The number of aliphatic carboxylic acids is 1. The fourth-order valence-corrected chi connectivity index (χ4v) is 2.79. The van der Waals surface area contributed by atoms with E-state index in [1.165, 1.54) is 7.05 Å². The van der Waals surface area contributed by atoms with Gasteiger partial charge in [0.05, 0.1) is 0 Å². The molecule has 0 bridgehead atoms. The highest BCUT2D eigenvalue weighted by Gasteiger charge is 2.49. The molecule has 98 valence electrons. The Morgan fingerprint density at radius 3 is 2.24 bits per heavy atom. The summed E-state index contributed by atoms with van der Waals surface area (Å²) in [6.07, 6.45) is 2.64. The number of hydrogen-bond donors (Lipinski definition) is 2. The zero-order chi connectivity index (χ0) is 13.2. The Balaban J connectivity index is 2.93. The van der Waals surface area contributed by atoms with E-state index >= 15 is 0 Å². The number of amides is 1. The van der Waals surface area contributed by atoms with Gasteiger partial charge in [-0.1, -0.05) is 20.3 Å². The quantitative estimate of drug-likeness (QED) is 0.742. The summed E-state index contributed by atoms with van der Waals surface area (Å²) in [5.74, 6) is -0.349. The lowest BCUT2D eigenvalue weighted by Crippen LogP contribution is -2.50. The van der Waals surface area contributed by atoms with Crippen molar-refractivity contribution >= 4 is 11.9 Å². The van der Waals surface area contributed by atoms with Crippen molar-refractivity contribution in [3.63, 3.8) is 0 Å². The van der Waals surface area contributed by atoms with E-state index in [0.29, 0.717) is 11.8 Å². The predicted octanol–water partition coefficient (Wildman–Crippen LogP) is 1.90. The fraction of sp³-hybridized carbons (Fsp3) is 0.846. The van der Waals surface area contributed by atoms with Crippen LogP contribution in [0, 0.1) is 23.2 Å². The second-order valence-electron chi connectivity index (χ2n) is 5.55. The Hall–Kier alpha value is -1.06.